The van der Waals surface area contributed by atoms with E-state index in [9.17, 15) is 4.79 Å². The lowest BCUT2D eigenvalue weighted by molar-refractivity contribution is 0.665. The summed E-state index contributed by atoms with van der Waals surface area (Å²) in [5.41, 5.74) is 3.28. The van der Waals surface area contributed by atoms with E-state index in [0.29, 0.717) is 16.7 Å². The predicted molar refractivity (Wildman–Crippen MR) is 126 cm³/mol. The second-order valence-electron chi connectivity index (χ2n) is 7.38. The minimum atomic E-state index is -0.193. The van der Waals surface area contributed by atoms with Gasteiger partial charge in [-0.15, -0.1) is 0 Å². The van der Waals surface area contributed by atoms with Gasteiger partial charge in [0.05, 0.1) is 22.8 Å². The highest BCUT2D eigenvalue weighted by molar-refractivity contribution is 9.10. The Morgan fingerprint density at radius 3 is 2.70 bits per heavy atom. The van der Waals surface area contributed by atoms with Crippen LogP contribution in [-0.4, -0.2) is 20.4 Å². The summed E-state index contributed by atoms with van der Waals surface area (Å²) < 4.78 is 4.22. The fraction of sp³-hybridized carbons (Fsp3) is 0.174. The van der Waals surface area contributed by atoms with E-state index in [1.165, 1.54) is 4.68 Å². The van der Waals surface area contributed by atoms with Crippen LogP contribution < -0.4 is 5.56 Å². The normalized spacial score (nSPS) is 11.8. The molecule has 30 heavy (non-hydrogen) atoms. The van der Waals surface area contributed by atoms with Crippen molar-refractivity contribution in [3.8, 4) is 5.69 Å². The summed E-state index contributed by atoms with van der Waals surface area (Å²) in [7, 11) is 0. The Balaban J connectivity index is 1.83. The number of hydrogen-bond acceptors (Lipinski definition) is 3. The average molecular weight is 484 g/mol. The highest BCUT2D eigenvalue weighted by Gasteiger charge is 2.14. The van der Waals surface area contributed by atoms with Gasteiger partial charge in [-0.05, 0) is 61.0 Å². The number of rotatable bonds is 4. The molecule has 0 radical (unpaired) electrons. The summed E-state index contributed by atoms with van der Waals surface area (Å²) in [4.78, 5) is 17.9. The van der Waals surface area contributed by atoms with E-state index < -0.39 is 0 Å². The third-order valence-corrected chi connectivity index (χ3v) is 5.77. The molecule has 0 saturated carbocycles. The van der Waals surface area contributed by atoms with Gasteiger partial charge in [0, 0.05) is 27.3 Å². The van der Waals surface area contributed by atoms with Crippen LogP contribution in [0.4, 0.5) is 0 Å². The van der Waals surface area contributed by atoms with E-state index in [0.717, 1.165) is 26.4 Å². The van der Waals surface area contributed by atoms with E-state index in [-0.39, 0.29) is 11.5 Å². The molecule has 0 fully saturated rings. The van der Waals surface area contributed by atoms with Crippen LogP contribution in [0.15, 0.2) is 69.1 Å². The highest BCUT2D eigenvalue weighted by Crippen LogP contribution is 2.21. The Bertz CT molecular complexity index is 1340. The van der Waals surface area contributed by atoms with Gasteiger partial charge in [0.1, 0.15) is 5.82 Å². The number of aryl methyl sites for hydroxylation is 1. The first-order valence-electron chi connectivity index (χ1n) is 9.55. The first-order valence-corrected chi connectivity index (χ1v) is 10.7. The quantitative estimate of drug-likeness (QED) is 0.338. The van der Waals surface area contributed by atoms with Crippen molar-refractivity contribution in [1.82, 2.24) is 14.2 Å². The lowest BCUT2D eigenvalue weighted by Crippen LogP contribution is -2.23. The minimum Gasteiger partial charge on any atom is -0.316 e. The Morgan fingerprint density at radius 2 is 1.97 bits per heavy atom. The highest BCUT2D eigenvalue weighted by atomic mass is 79.9. The molecule has 5 nitrogen and oxygen atoms in total. The zero-order chi connectivity index (χ0) is 21.4. The van der Waals surface area contributed by atoms with Crippen LogP contribution in [0.5, 0.6) is 0 Å². The molecule has 0 amide bonds. The number of benzene rings is 2. The van der Waals surface area contributed by atoms with Crippen molar-refractivity contribution in [3.05, 3.63) is 91.7 Å². The first-order chi connectivity index (χ1) is 14.3. The number of aromatic nitrogens is 3. The zero-order valence-electron chi connectivity index (χ0n) is 16.8. The van der Waals surface area contributed by atoms with Crippen LogP contribution in [0.1, 0.15) is 36.8 Å². The number of fused-ring (bicyclic) bond motifs is 1. The molecule has 0 aliphatic heterocycles. The summed E-state index contributed by atoms with van der Waals surface area (Å²) in [5.74, 6) is 0.653. The van der Waals surface area contributed by atoms with Gasteiger partial charge in [-0.3, -0.25) is 4.79 Å². The number of hydrogen-bond donors (Lipinski definition) is 0. The second kappa shape index (κ2) is 8.20. The van der Waals surface area contributed by atoms with Crippen molar-refractivity contribution < 1.29 is 0 Å². The molecule has 0 spiro atoms. The Kier molecular flexibility index (Phi) is 5.62. The summed E-state index contributed by atoms with van der Waals surface area (Å²) in [6, 6.07) is 15.2. The van der Waals surface area contributed by atoms with Crippen LogP contribution >= 0.6 is 27.5 Å². The van der Waals surface area contributed by atoms with Gasteiger partial charge in [0.25, 0.3) is 5.56 Å². The van der Waals surface area contributed by atoms with Crippen LogP contribution in [0.3, 0.4) is 0 Å². The van der Waals surface area contributed by atoms with Crippen molar-refractivity contribution >= 4 is 44.6 Å². The van der Waals surface area contributed by atoms with Crippen molar-refractivity contribution in [2.75, 3.05) is 0 Å². The standard InChI is InChI=1S/C23H20BrClN4O/c1-14(2)22-27-21-9-6-16(24)12-19(21)23(30)29(22)26-13-18-5-4-10-28(18)17-7-8-20(25)15(3)11-17/h4-14H,1-3H3. The molecule has 0 unspecified atom stereocenters. The van der Waals surface area contributed by atoms with Crippen LogP contribution in [0.2, 0.25) is 5.02 Å². The predicted octanol–water partition coefficient (Wildman–Crippen LogP) is 5.92. The van der Waals surface area contributed by atoms with Gasteiger partial charge in [-0.25, -0.2) is 4.98 Å². The smallest absolute Gasteiger partial charge is 0.282 e. The lowest BCUT2D eigenvalue weighted by atomic mass is 10.2. The maximum atomic E-state index is 13.2. The molecule has 2 aromatic heterocycles. The molecule has 0 aliphatic rings. The van der Waals surface area contributed by atoms with Gasteiger partial charge in [0.15, 0.2) is 0 Å². The molecule has 0 atom stereocenters. The average Bonchev–Trinajstić information content (AvgIpc) is 3.18. The monoisotopic (exact) mass is 482 g/mol. The van der Waals surface area contributed by atoms with E-state index >= 15 is 0 Å². The Labute approximate surface area is 187 Å². The van der Waals surface area contributed by atoms with Crippen molar-refractivity contribution in [3.63, 3.8) is 0 Å². The van der Waals surface area contributed by atoms with Gasteiger partial charge in [-0.1, -0.05) is 41.4 Å². The summed E-state index contributed by atoms with van der Waals surface area (Å²) in [5, 5.41) is 5.78. The number of halogens is 2. The fourth-order valence-electron chi connectivity index (χ4n) is 3.28. The second-order valence-corrected chi connectivity index (χ2v) is 8.71. The van der Waals surface area contributed by atoms with Crippen LogP contribution in [0, 0.1) is 6.92 Å². The molecule has 4 aromatic rings. The van der Waals surface area contributed by atoms with Gasteiger partial charge < -0.3 is 4.57 Å². The Morgan fingerprint density at radius 1 is 1.17 bits per heavy atom. The van der Waals surface area contributed by atoms with E-state index in [4.69, 9.17) is 11.6 Å². The summed E-state index contributed by atoms with van der Waals surface area (Å²) in [6.45, 7) is 5.96. The zero-order valence-corrected chi connectivity index (χ0v) is 19.1. The number of nitrogens with zero attached hydrogens (tertiary/aromatic N) is 4. The van der Waals surface area contributed by atoms with Crippen molar-refractivity contribution in [2.24, 2.45) is 5.10 Å². The largest absolute Gasteiger partial charge is 0.316 e. The van der Waals surface area contributed by atoms with Gasteiger partial charge in [0.2, 0.25) is 0 Å². The maximum Gasteiger partial charge on any atom is 0.282 e. The van der Waals surface area contributed by atoms with E-state index in [1.807, 2.05) is 74.0 Å². The maximum absolute atomic E-state index is 13.2. The molecule has 0 N–H and O–H groups in total. The molecular formula is C23H20BrClN4O. The fourth-order valence-corrected chi connectivity index (χ4v) is 3.76. The van der Waals surface area contributed by atoms with Crippen molar-refractivity contribution in [2.45, 2.75) is 26.7 Å². The van der Waals surface area contributed by atoms with Gasteiger partial charge >= 0.3 is 0 Å². The van der Waals surface area contributed by atoms with Crippen molar-refractivity contribution in [1.29, 1.82) is 0 Å². The topological polar surface area (TPSA) is 52.2 Å². The molecule has 0 aliphatic carbocycles. The first kappa shape index (κ1) is 20.6. The lowest BCUT2D eigenvalue weighted by Gasteiger charge is -2.12. The summed E-state index contributed by atoms with van der Waals surface area (Å²) in [6.07, 6.45) is 3.63. The molecule has 4 rings (SSSR count). The molecule has 2 heterocycles. The molecular weight excluding hydrogens is 464 g/mol. The Hall–Kier alpha value is -2.70. The van der Waals surface area contributed by atoms with Crippen LogP contribution in [-0.2, 0) is 0 Å². The minimum absolute atomic E-state index is 0.0357. The molecule has 0 bridgehead atoms. The molecule has 7 heteroatoms. The van der Waals surface area contributed by atoms with Crippen LogP contribution in [0.25, 0.3) is 16.6 Å². The third-order valence-electron chi connectivity index (χ3n) is 4.86. The van der Waals surface area contributed by atoms with E-state index in [1.54, 1.807) is 12.3 Å². The molecule has 0 saturated heterocycles. The SMILES string of the molecule is Cc1cc(-n2cccc2C=Nn2c(C(C)C)nc3ccc(Br)cc3c2=O)ccc1Cl. The van der Waals surface area contributed by atoms with E-state index in [2.05, 4.69) is 26.0 Å². The third kappa shape index (κ3) is 3.85. The molecule has 2 aromatic carbocycles. The molecule has 152 valence electrons. The van der Waals surface area contributed by atoms with Gasteiger partial charge in [-0.2, -0.15) is 9.78 Å². The summed E-state index contributed by atoms with van der Waals surface area (Å²) >= 11 is 9.59.